The predicted octanol–water partition coefficient (Wildman–Crippen LogP) is 5.44. The first kappa shape index (κ1) is 23.1. The van der Waals surface area contributed by atoms with E-state index in [4.69, 9.17) is 9.84 Å². The third kappa shape index (κ3) is 5.62. The average Bonchev–Trinajstić information content (AvgIpc) is 3.27. The van der Waals surface area contributed by atoms with Crippen molar-refractivity contribution in [3.05, 3.63) is 99.9 Å². The molecule has 6 nitrogen and oxygen atoms in total. The SMILES string of the molecule is O=C(O)Cc1ccc(-c2ccc(CNC(=O)c3scnc3Oc3ccc(F)cc3)cc2)c(F)c1. The Balaban J connectivity index is 1.39. The molecule has 0 aliphatic carbocycles. The number of carboxylic acids is 1. The summed E-state index contributed by atoms with van der Waals surface area (Å²) < 4.78 is 33.1. The van der Waals surface area contributed by atoms with Gasteiger partial charge in [0.2, 0.25) is 5.88 Å². The lowest BCUT2D eigenvalue weighted by Crippen LogP contribution is -2.22. The van der Waals surface area contributed by atoms with Gasteiger partial charge in [0.15, 0.2) is 4.88 Å². The Kier molecular flexibility index (Phi) is 6.93. The molecule has 0 aliphatic heterocycles. The van der Waals surface area contributed by atoms with Gasteiger partial charge >= 0.3 is 5.97 Å². The van der Waals surface area contributed by atoms with E-state index < -0.39 is 17.6 Å². The Hall–Kier alpha value is -4.11. The first-order chi connectivity index (χ1) is 16.4. The van der Waals surface area contributed by atoms with Crippen LogP contribution in [0.15, 0.2) is 72.2 Å². The van der Waals surface area contributed by atoms with Crippen LogP contribution in [0, 0.1) is 11.6 Å². The standard InChI is InChI=1S/C25H18F2N2O4S/c26-18-6-8-19(9-7-18)33-25-23(34-14-29-25)24(32)28-13-15-1-4-17(5-2-15)20-10-3-16(11-21(20)27)12-22(30)31/h1-11,14H,12-13H2,(H,28,32)(H,30,31). The van der Waals surface area contributed by atoms with Crippen molar-refractivity contribution < 1.29 is 28.2 Å². The maximum atomic E-state index is 14.4. The molecule has 4 rings (SSSR count). The van der Waals surface area contributed by atoms with Gasteiger partial charge < -0.3 is 15.2 Å². The molecule has 0 saturated heterocycles. The number of carbonyl (C=O) groups excluding carboxylic acids is 1. The van der Waals surface area contributed by atoms with Gasteiger partial charge in [-0.25, -0.2) is 13.8 Å². The number of aliphatic carboxylic acids is 1. The van der Waals surface area contributed by atoms with E-state index in [0.717, 1.165) is 16.9 Å². The first-order valence-corrected chi connectivity index (χ1v) is 11.0. The molecule has 2 N–H and O–H groups in total. The first-order valence-electron chi connectivity index (χ1n) is 10.1. The second kappa shape index (κ2) is 10.2. The molecule has 0 aliphatic rings. The van der Waals surface area contributed by atoms with E-state index in [1.165, 1.54) is 35.8 Å². The zero-order valence-electron chi connectivity index (χ0n) is 17.6. The number of aromatic nitrogens is 1. The summed E-state index contributed by atoms with van der Waals surface area (Å²) in [6, 6.07) is 16.7. The number of hydrogen-bond donors (Lipinski definition) is 2. The summed E-state index contributed by atoms with van der Waals surface area (Å²) >= 11 is 1.12. The van der Waals surface area contributed by atoms with Crippen molar-refractivity contribution in [2.45, 2.75) is 13.0 Å². The summed E-state index contributed by atoms with van der Waals surface area (Å²) in [5, 5.41) is 11.6. The fourth-order valence-corrected chi connectivity index (χ4v) is 3.84. The zero-order valence-corrected chi connectivity index (χ0v) is 18.4. The van der Waals surface area contributed by atoms with E-state index >= 15 is 0 Å². The number of halogens is 2. The molecular weight excluding hydrogens is 462 g/mol. The summed E-state index contributed by atoms with van der Waals surface area (Å²) in [4.78, 5) is 27.7. The minimum atomic E-state index is -1.02. The van der Waals surface area contributed by atoms with E-state index in [9.17, 15) is 18.4 Å². The molecule has 0 fully saturated rings. The number of rotatable bonds is 8. The van der Waals surface area contributed by atoms with Crippen molar-refractivity contribution in [3.8, 4) is 22.8 Å². The molecule has 0 saturated carbocycles. The maximum absolute atomic E-state index is 14.4. The van der Waals surface area contributed by atoms with Crippen LogP contribution in [0.4, 0.5) is 8.78 Å². The topological polar surface area (TPSA) is 88.5 Å². The Morgan fingerprint density at radius 3 is 2.35 bits per heavy atom. The number of carboxylic acid groups (broad SMARTS) is 1. The van der Waals surface area contributed by atoms with Gasteiger partial charge in [0.25, 0.3) is 5.91 Å². The maximum Gasteiger partial charge on any atom is 0.307 e. The normalized spacial score (nSPS) is 10.6. The quantitative estimate of drug-likeness (QED) is 0.351. The van der Waals surface area contributed by atoms with Gasteiger partial charge in [0.1, 0.15) is 17.4 Å². The molecule has 3 aromatic carbocycles. The van der Waals surface area contributed by atoms with E-state index in [2.05, 4.69) is 10.3 Å². The van der Waals surface area contributed by atoms with Crippen molar-refractivity contribution in [2.24, 2.45) is 0 Å². The van der Waals surface area contributed by atoms with E-state index in [1.807, 2.05) is 0 Å². The Morgan fingerprint density at radius 1 is 0.971 bits per heavy atom. The van der Waals surface area contributed by atoms with E-state index in [-0.39, 0.29) is 29.6 Å². The molecule has 0 bridgehead atoms. The summed E-state index contributed by atoms with van der Waals surface area (Å²) in [7, 11) is 0. The lowest BCUT2D eigenvalue weighted by Gasteiger charge is -2.09. The van der Waals surface area contributed by atoms with Crippen LogP contribution in [-0.2, 0) is 17.8 Å². The molecule has 0 radical (unpaired) electrons. The predicted molar refractivity (Wildman–Crippen MR) is 123 cm³/mol. The molecule has 34 heavy (non-hydrogen) atoms. The van der Waals surface area contributed by atoms with Gasteiger partial charge in [-0.15, -0.1) is 11.3 Å². The molecular formula is C25H18F2N2O4S. The van der Waals surface area contributed by atoms with Gasteiger partial charge in [-0.3, -0.25) is 9.59 Å². The lowest BCUT2D eigenvalue weighted by molar-refractivity contribution is -0.136. The number of benzene rings is 3. The number of ether oxygens (including phenoxy) is 1. The minimum Gasteiger partial charge on any atom is -0.481 e. The largest absolute Gasteiger partial charge is 0.481 e. The highest BCUT2D eigenvalue weighted by Crippen LogP contribution is 2.27. The smallest absolute Gasteiger partial charge is 0.307 e. The molecule has 1 amide bonds. The molecule has 1 heterocycles. The fraction of sp³-hybridized carbons (Fsp3) is 0.0800. The third-order valence-electron chi connectivity index (χ3n) is 4.88. The van der Waals surface area contributed by atoms with E-state index in [1.54, 1.807) is 36.4 Å². The number of amides is 1. The molecule has 0 spiro atoms. The Bertz CT molecular complexity index is 1320. The van der Waals surface area contributed by atoms with Crippen molar-refractivity contribution in [2.75, 3.05) is 0 Å². The number of carbonyl (C=O) groups is 2. The highest BCUT2D eigenvalue weighted by atomic mass is 32.1. The second-order valence-corrected chi connectivity index (χ2v) is 8.16. The summed E-state index contributed by atoms with van der Waals surface area (Å²) in [6.45, 7) is 0.229. The van der Waals surface area contributed by atoms with Gasteiger partial charge in [-0.1, -0.05) is 36.4 Å². The summed E-state index contributed by atoms with van der Waals surface area (Å²) in [5.74, 6) is -1.80. The van der Waals surface area contributed by atoms with Crippen molar-refractivity contribution in [3.63, 3.8) is 0 Å². The van der Waals surface area contributed by atoms with Crippen LogP contribution in [0.2, 0.25) is 0 Å². The fourth-order valence-electron chi connectivity index (χ4n) is 3.22. The lowest BCUT2D eigenvalue weighted by atomic mass is 10.0. The van der Waals surface area contributed by atoms with Crippen LogP contribution in [0.1, 0.15) is 20.8 Å². The van der Waals surface area contributed by atoms with Crippen LogP contribution in [0.25, 0.3) is 11.1 Å². The molecule has 0 atom stereocenters. The van der Waals surface area contributed by atoms with Crippen molar-refractivity contribution in [1.82, 2.24) is 10.3 Å². The van der Waals surface area contributed by atoms with Crippen LogP contribution >= 0.6 is 11.3 Å². The molecule has 0 unspecified atom stereocenters. The number of nitrogens with zero attached hydrogens (tertiary/aromatic N) is 1. The van der Waals surface area contributed by atoms with E-state index in [0.29, 0.717) is 22.4 Å². The van der Waals surface area contributed by atoms with Gasteiger partial charge in [-0.05, 0) is 47.0 Å². The Labute approximate surface area is 197 Å². The summed E-state index contributed by atoms with van der Waals surface area (Å²) in [5.41, 5.74) is 3.66. The number of hydrogen-bond acceptors (Lipinski definition) is 5. The van der Waals surface area contributed by atoms with Crippen LogP contribution in [0.5, 0.6) is 11.6 Å². The van der Waals surface area contributed by atoms with Crippen LogP contribution < -0.4 is 10.1 Å². The third-order valence-corrected chi connectivity index (χ3v) is 5.68. The Morgan fingerprint density at radius 2 is 1.68 bits per heavy atom. The molecule has 9 heteroatoms. The van der Waals surface area contributed by atoms with Crippen LogP contribution in [0.3, 0.4) is 0 Å². The number of nitrogens with one attached hydrogen (secondary N) is 1. The molecule has 172 valence electrons. The summed E-state index contributed by atoms with van der Waals surface area (Å²) in [6.07, 6.45) is -0.244. The van der Waals surface area contributed by atoms with Gasteiger partial charge in [0.05, 0.1) is 11.9 Å². The van der Waals surface area contributed by atoms with Gasteiger partial charge in [0, 0.05) is 12.1 Å². The minimum absolute atomic E-state index is 0.131. The molecule has 4 aromatic rings. The molecule has 1 aromatic heterocycles. The van der Waals surface area contributed by atoms with Crippen molar-refractivity contribution in [1.29, 1.82) is 0 Å². The highest BCUT2D eigenvalue weighted by molar-refractivity contribution is 7.12. The highest BCUT2D eigenvalue weighted by Gasteiger charge is 2.17. The average molecular weight is 480 g/mol. The van der Waals surface area contributed by atoms with Crippen molar-refractivity contribution >= 4 is 23.2 Å². The number of thiazole rings is 1. The monoisotopic (exact) mass is 480 g/mol. The zero-order chi connectivity index (χ0) is 24.1. The van der Waals surface area contributed by atoms with Crippen LogP contribution in [-0.4, -0.2) is 22.0 Å². The van der Waals surface area contributed by atoms with Gasteiger partial charge in [-0.2, -0.15) is 0 Å². The second-order valence-electron chi connectivity index (χ2n) is 7.31.